The van der Waals surface area contributed by atoms with E-state index in [2.05, 4.69) is 25.7 Å². The van der Waals surface area contributed by atoms with Crippen molar-refractivity contribution in [1.29, 1.82) is 5.26 Å². The summed E-state index contributed by atoms with van der Waals surface area (Å²) in [6.45, 7) is -0.253. The Balaban J connectivity index is 2.36. The number of nitriles is 1. The summed E-state index contributed by atoms with van der Waals surface area (Å²) in [6.07, 6.45) is 0. The zero-order valence-corrected chi connectivity index (χ0v) is 14.0. The number of methoxy groups -OCH3 is 1. The van der Waals surface area contributed by atoms with Crippen molar-refractivity contribution in [2.24, 2.45) is 0 Å². The molecule has 0 radical (unpaired) electrons. The Bertz CT molecular complexity index is 806. The normalized spacial score (nSPS) is 10.8. The van der Waals surface area contributed by atoms with Gasteiger partial charge in [0.25, 0.3) is 0 Å². The van der Waals surface area contributed by atoms with E-state index in [-0.39, 0.29) is 23.6 Å². The minimum Gasteiger partial charge on any atom is -0.473 e. The van der Waals surface area contributed by atoms with E-state index in [1.807, 2.05) is 0 Å². The number of pyridine rings is 1. The van der Waals surface area contributed by atoms with Gasteiger partial charge >= 0.3 is 11.9 Å². The maximum atomic E-state index is 14.3. The molecule has 1 heterocycles. The first-order chi connectivity index (χ1) is 11.4. The third-order valence-corrected chi connectivity index (χ3v) is 3.53. The van der Waals surface area contributed by atoms with E-state index in [9.17, 15) is 13.6 Å². The molecular weight excluding hydrogens is 386 g/mol. The Labute approximate surface area is 145 Å². The molecule has 0 saturated carbocycles. The highest BCUT2D eigenvalue weighted by Gasteiger charge is 2.44. The van der Waals surface area contributed by atoms with Gasteiger partial charge in [0.15, 0.2) is 0 Å². The fourth-order valence-electron chi connectivity index (χ4n) is 1.92. The lowest BCUT2D eigenvalue weighted by Crippen LogP contribution is -2.29. The highest BCUT2D eigenvalue weighted by molar-refractivity contribution is 9.10. The molecule has 0 bridgehead atoms. The maximum Gasteiger partial charge on any atom is 0.381 e. The average Bonchev–Trinajstić information content (AvgIpc) is 2.59. The topological polar surface area (TPSA) is 72.2 Å². The Morgan fingerprint density at radius 2 is 2.12 bits per heavy atom. The van der Waals surface area contributed by atoms with Gasteiger partial charge in [-0.25, -0.2) is 9.78 Å². The second kappa shape index (κ2) is 7.36. The number of carbonyl (C=O) groups excluding carboxylic acids is 1. The first-order valence-corrected chi connectivity index (χ1v) is 7.43. The highest BCUT2D eigenvalue weighted by Crippen LogP contribution is 2.33. The number of aromatic nitrogens is 1. The van der Waals surface area contributed by atoms with Crippen molar-refractivity contribution in [3.8, 4) is 11.9 Å². The molecule has 0 aliphatic heterocycles. The van der Waals surface area contributed by atoms with Gasteiger partial charge in [-0.3, -0.25) is 0 Å². The van der Waals surface area contributed by atoms with Crippen LogP contribution >= 0.6 is 15.9 Å². The van der Waals surface area contributed by atoms with Gasteiger partial charge in [0.1, 0.15) is 11.2 Å². The van der Waals surface area contributed by atoms with Crippen LogP contribution in [0.2, 0.25) is 0 Å². The Morgan fingerprint density at radius 3 is 2.75 bits per heavy atom. The van der Waals surface area contributed by atoms with Gasteiger partial charge in [-0.15, -0.1) is 0 Å². The molecule has 0 N–H and O–H groups in total. The van der Waals surface area contributed by atoms with Crippen molar-refractivity contribution in [3.05, 3.63) is 57.7 Å². The lowest BCUT2D eigenvalue weighted by atomic mass is 9.99. The summed E-state index contributed by atoms with van der Waals surface area (Å²) in [4.78, 5) is 15.4. The largest absolute Gasteiger partial charge is 0.473 e. The van der Waals surface area contributed by atoms with Gasteiger partial charge in [-0.2, -0.15) is 14.0 Å². The van der Waals surface area contributed by atoms with Gasteiger partial charge in [0.05, 0.1) is 18.7 Å². The quantitative estimate of drug-likeness (QED) is 0.570. The zero-order valence-electron chi connectivity index (χ0n) is 12.4. The minimum atomic E-state index is -3.90. The van der Waals surface area contributed by atoms with Crippen LogP contribution in [0.25, 0.3) is 0 Å². The summed E-state index contributed by atoms with van der Waals surface area (Å²) < 4.78 is 38.6. The molecule has 2 aromatic rings. The second-order valence-corrected chi connectivity index (χ2v) is 5.45. The van der Waals surface area contributed by atoms with Crippen molar-refractivity contribution in [2.75, 3.05) is 7.11 Å². The monoisotopic (exact) mass is 396 g/mol. The third-order valence-electron chi connectivity index (χ3n) is 3.08. The summed E-state index contributed by atoms with van der Waals surface area (Å²) in [5.74, 6) is -5.38. The molecule has 24 heavy (non-hydrogen) atoms. The van der Waals surface area contributed by atoms with Crippen LogP contribution in [0.5, 0.6) is 5.88 Å². The number of benzene rings is 1. The number of esters is 1. The van der Waals surface area contributed by atoms with Crippen LogP contribution < -0.4 is 4.74 Å². The molecule has 0 fully saturated rings. The fraction of sp³-hybridized carbons (Fsp3) is 0.188. The molecule has 5 nitrogen and oxygen atoms in total. The zero-order chi connectivity index (χ0) is 17.7. The van der Waals surface area contributed by atoms with Gasteiger partial charge in [-0.1, -0.05) is 12.1 Å². The molecule has 2 rings (SSSR count). The lowest BCUT2D eigenvalue weighted by molar-refractivity contribution is -0.170. The van der Waals surface area contributed by atoms with Crippen LogP contribution in [0, 0.1) is 11.3 Å². The van der Waals surface area contributed by atoms with Crippen LogP contribution in [-0.4, -0.2) is 18.1 Å². The Hall–Kier alpha value is -2.53. The van der Waals surface area contributed by atoms with Crippen LogP contribution in [0.4, 0.5) is 8.78 Å². The highest BCUT2D eigenvalue weighted by atomic mass is 79.9. The molecule has 8 heteroatoms. The molecule has 1 aromatic carbocycles. The molecule has 0 saturated heterocycles. The lowest BCUT2D eigenvalue weighted by Gasteiger charge is -2.18. The molecular formula is C16H11BrF2N2O3. The number of carbonyl (C=O) groups is 1. The first kappa shape index (κ1) is 17.8. The van der Waals surface area contributed by atoms with Gasteiger partial charge in [0.2, 0.25) is 5.88 Å². The number of alkyl halides is 2. The van der Waals surface area contributed by atoms with E-state index in [1.165, 1.54) is 12.1 Å². The number of hydrogen-bond acceptors (Lipinski definition) is 5. The summed E-state index contributed by atoms with van der Waals surface area (Å²) in [6, 6.07) is 10.3. The fourth-order valence-corrected chi connectivity index (χ4v) is 2.25. The number of halogens is 3. The van der Waals surface area contributed by atoms with Crippen LogP contribution in [-0.2, 0) is 22.1 Å². The van der Waals surface area contributed by atoms with E-state index >= 15 is 0 Å². The Kier molecular flexibility index (Phi) is 5.46. The Morgan fingerprint density at radius 1 is 1.38 bits per heavy atom. The van der Waals surface area contributed by atoms with Crippen LogP contribution in [0.15, 0.2) is 41.0 Å². The summed E-state index contributed by atoms with van der Waals surface area (Å²) in [5.41, 5.74) is -0.590. The standard InChI is InChI=1S/C16H11BrF2N2O3/c1-23-15(22)16(18,19)12-7-10(8-20)5-6-11(12)9-24-14-4-2-3-13(17)21-14/h2-7H,9H2,1H3. The second-order valence-electron chi connectivity index (χ2n) is 4.64. The smallest absolute Gasteiger partial charge is 0.381 e. The summed E-state index contributed by atoms with van der Waals surface area (Å²) in [5, 5.41) is 8.90. The van der Waals surface area contributed by atoms with E-state index in [0.717, 1.165) is 13.2 Å². The number of nitrogens with zero attached hydrogens (tertiary/aromatic N) is 2. The summed E-state index contributed by atoms with van der Waals surface area (Å²) >= 11 is 3.17. The molecule has 0 aliphatic carbocycles. The van der Waals surface area contributed by atoms with E-state index in [0.29, 0.717) is 4.60 Å². The molecule has 0 unspecified atom stereocenters. The first-order valence-electron chi connectivity index (χ1n) is 6.63. The molecule has 1 aromatic heterocycles. The van der Waals surface area contributed by atoms with Crippen LogP contribution in [0.3, 0.4) is 0 Å². The SMILES string of the molecule is COC(=O)C(F)(F)c1cc(C#N)ccc1COc1cccc(Br)n1. The van der Waals surface area contributed by atoms with Crippen molar-refractivity contribution in [2.45, 2.75) is 12.5 Å². The predicted molar refractivity (Wildman–Crippen MR) is 83.3 cm³/mol. The molecule has 0 atom stereocenters. The van der Waals surface area contributed by atoms with Crippen LogP contribution in [0.1, 0.15) is 16.7 Å². The third kappa shape index (κ3) is 3.86. The number of rotatable bonds is 5. The average molecular weight is 397 g/mol. The molecule has 0 aliphatic rings. The predicted octanol–water partition coefficient (Wildman–Crippen LogP) is 3.56. The van der Waals surface area contributed by atoms with Gasteiger partial charge in [-0.05, 0) is 39.7 Å². The van der Waals surface area contributed by atoms with Crippen molar-refractivity contribution in [3.63, 3.8) is 0 Å². The van der Waals surface area contributed by atoms with E-state index in [1.54, 1.807) is 24.3 Å². The minimum absolute atomic E-state index is 0.00194. The van der Waals surface area contributed by atoms with E-state index in [4.69, 9.17) is 10.00 Å². The maximum absolute atomic E-state index is 14.3. The van der Waals surface area contributed by atoms with E-state index < -0.39 is 17.5 Å². The molecule has 0 spiro atoms. The summed E-state index contributed by atoms with van der Waals surface area (Å²) in [7, 11) is 0.867. The number of hydrogen-bond donors (Lipinski definition) is 0. The van der Waals surface area contributed by atoms with Crippen molar-refractivity contribution >= 4 is 21.9 Å². The van der Waals surface area contributed by atoms with Gasteiger partial charge < -0.3 is 9.47 Å². The molecule has 0 amide bonds. The molecule has 124 valence electrons. The number of ether oxygens (including phenoxy) is 2. The van der Waals surface area contributed by atoms with Crippen molar-refractivity contribution < 1.29 is 23.0 Å². The van der Waals surface area contributed by atoms with Crippen molar-refractivity contribution in [1.82, 2.24) is 4.98 Å². The van der Waals surface area contributed by atoms with Gasteiger partial charge in [0, 0.05) is 11.6 Å².